The molecular formula is C15H15NO6S. The third-order valence-electron chi connectivity index (χ3n) is 3.10. The molecule has 0 spiro atoms. The van der Waals surface area contributed by atoms with Gasteiger partial charge in [0.05, 0.1) is 23.5 Å². The van der Waals surface area contributed by atoms with Crippen LogP contribution in [0.25, 0.3) is 0 Å². The highest BCUT2D eigenvalue weighted by atomic mass is 32.2. The Morgan fingerprint density at radius 3 is 2.43 bits per heavy atom. The Bertz CT molecular complexity index is 786. The summed E-state index contributed by atoms with van der Waals surface area (Å²) in [5.41, 5.74) is 0.698. The van der Waals surface area contributed by atoms with Crippen molar-refractivity contribution in [3.8, 4) is 5.75 Å². The number of nitro benzene ring substituents is 1. The summed E-state index contributed by atoms with van der Waals surface area (Å²) in [6, 6.07) is 11.8. The van der Waals surface area contributed by atoms with Crippen LogP contribution in [0.5, 0.6) is 5.75 Å². The van der Waals surface area contributed by atoms with Crippen molar-refractivity contribution in [2.24, 2.45) is 0 Å². The number of nitrogens with zero attached hydrogens (tertiary/aromatic N) is 1. The predicted octanol–water partition coefficient (Wildman–Crippen LogP) is 2.55. The van der Waals surface area contributed by atoms with Gasteiger partial charge in [-0.1, -0.05) is 12.1 Å². The van der Waals surface area contributed by atoms with Gasteiger partial charge in [0, 0.05) is 12.1 Å². The summed E-state index contributed by atoms with van der Waals surface area (Å²) >= 11 is 0. The number of nitro groups is 1. The molecule has 0 aliphatic carbocycles. The van der Waals surface area contributed by atoms with Gasteiger partial charge in [-0.25, -0.2) is 0 Å². The van der Waals surface area contributed by atoms with Crippen LogP contribution < -0.4 is 4.74 Å². The molecule has 0 saturated heterocycles. The maximum atomic E-state index is 12.0. The fraction of sp³-hybridized carbons (Fsp3) is 0.200. The van der Waals surface area contributed by atoms with Gasteiger partial charge >= 0.3 is 0 Å². The van der Waals surface area contributed by atoms with Crippen LogP contribution in [0.4, 0.5) is 5.69 Å². The van der Waals surface area contributed by atoms with E-state index in [1.807, 2.05) is 6.07 Å². The quantitative estimate of drug-likeness (QED) is 0.438. The Balaban J connectivity index is 1.99. The van der Waals surface area contributed by atoms with E-state index in [-0.39, 0.29) is 17.2 Å². The standard InChI is InChI=1S/C15H15NO6S/c1-21-14-4-2-3-12(11-14)9-10-22-23(19,20)15-7-5-13(6-8-15)16(17)18/h2-8,11H,9-10H2,1H3. The molecule has 0 N–H and O–H groups in total. The number of rotatable bonds is 7. The summed E-state index contributed by atoms with van der Waals surface area (Å²) in [6.07, 6.45) is 0.392. The molecular weight excluding hydrogens is 322 g/mol. The summed E-state index contributed by atoms with van der Waals surface area (Å²) < 4.78 is 34.1. The molecule has 0 atom stereocenters. The van der Waals surface area contributed by atoms with E-state index < -0.39 is 15.0 Å². The average Bonchev–Trinajstić information content (AvgIpc) is 2.55. The second kappa shape index (κ2) is 7.21. The number of ether oxygens (including phenoxy) is 1. The van der Waals surface area contributed by atoms with Gasteiger partial charge in [0.15, 0.2) is 0 Å². The number of methoxy groups -OCH3 is 1. The van der Waals surface area contributed by atoms with Crippen LogP contribution >= 0.6 is 0 Å². The first kappa shape index (κ1) is 16.9. The van der Waals surface area contributed by atoms with Crippen molar-refractivity contribution in [3.63, 3.8) is 0 Å². The molecule has 0 saturated carbocycles. The van der Waals surface area contributed by atoms with Crippen molar-refractivity contribution in [2.75, 3.05) is 13.7 Å². The Morgan fingerprint density at radius 1 is 1.13 bits per heavy atom. The van der Waals surface area contributed by atoms with Crippen molar-refractivity contribution in [1.29, 1.82) is 0 Å². The van der Waals surface area contributed by atoms with Crippen molar-refractivity contribution < 1.29 is 22.3 Å². The molecule has 8 heteroatoms. The monoisotopic (exact) mass is 337 g/mol. The van der Waals surface area contributed by atoms with Gasteiger partial charge in [0.2, 0.25) is 0 Å². The maximum absolute atomic E-state index is 12.0. The van der Waals surface area contributed by atoms with Crippen molar-refractivity contribution in [1.82, 2.24) is 0 Å². The van der Waals surface area contributed by atoms with E-state index in [1.165, 1.54) is 0 Å². The SMILES string of the molecule is COc1cccc(CCOS(=O)(=O)c2ccc([N+](=O)[O-])cc2)c1. The molecule has 23 heavy (non-hydrogen) atoms. The van der Waals surface area contributed by atoms with E-state index in [2.05, 4.69) is 0 Å². The van der Waals surface area contributed by atoms with Gasteiger partial charge in [-0.05, 0) is 36.2 Å². The molecule has 122 valence electrons. The largest absolute Gasteiger partial charge is 0.497 e. The lowest BCUT2D eigenvalue weighted by atomic mass is 10.1. The lowest BCUT2D eigenvalue weighted by Gasteiger charge is -2.07. The topological polar surface area (TPSA) is 95.7 Å². The molecule has 0 fully saturated rings. The predicted molar refractivity (Wildman–Crippen MR) is 82.9 cm³/mol. The number of non-ortho nitro benzene ring substituents is 1. The van der Waals surface area contributed by atoms with Crippen molar-refractivity contribution >= 4 is 15.8 Å². The fourth-order valence-electron chi connectivity index (χ4n) is 1.90. The summed E-state index contributed by atoms with van der Waals surface area (Å²) in [6.45, 7) is -0.0352. The van der Waals surface area contributed by atoms with Crippen LogP contribution in [0.3, 0.4) is 0 Å². The van der Waals surface area contributed by atoms with Gasteiger partial charge in [0.1, 0.15) is 5.75 Å². The summed E-state index contributed by atoms with van der Waals surface area (Å²) in [4.78, 5) is 9.84. The van der Waals surface area contributed by atoms with Crippen molar-refractivity contribution in [2.45, 2.75) is 11.3 Å². The minimum Gasteiger partial charge on any atom is -0.497 e. The normalized spacial score (nSPS) is 11.2. The van der Waals surface area contributed by atoms with E-state index in [9.17, 15) is 18.5 Å². The maximum Gasteiger partial charge on any atom is 0.296 e. The molecule has 2 rings (SSSR count). The fourth-order valence-corrected chi connectivity index (χ4v) is 2.81. The molecule has 0 radical (unpaired) electrons. The summed E-state index contributed by atoms with van der Waals surface area (Å²) in [5, 5.41) is 10.6. The zero-order chi connectivity index (χ0) is 16.9. The molecule has 0 aliphatic heterocycles. The average molecular weight is 337 g/mol. The molecule has 2 aromatic carbocycles. The lowest BCUT2D eigenvalue weighted by Crippen LogP contribution is -2.09. The molecule has 0 amide bonds. The molecule has 7 nitrogen and oxygen atoms in total. The van der Waals surface area contributed by atoms with Crippen LogP contribution in [0, 0.1) is 10.1 Å². The molecule has 0 aromatic heterocycles. The van der Waals surface area contributed by atoms with E-state index in [1.54, 1.807) is 25.3 Å². The van der Waals surface area contributed by atoms with E-state index in [0.717, 1.165) is 29.8 Å². The summed E-state index contributed by atoms with van der Waals surface area (Å²) in [7, 11) is -2.39. The third kappa shape index (κ3) is 4.51. The Labute approximate surface area is 133 Å². The number of hydrogen-bond acceptors (Lipinski definition) is 6. The second-order valence-electron chi connectivity index (χ2n) is 4.63. The van der Waals surface area contributed by atoms with Gasteiger partial charge in [-0.15, -0.1) is 0 Å². The van der Waals surface area contributed by atoms with Crippen LogP contribution in [0.15, 0.2) is 53.4 Å². The molecule has 0 aliphatic rings. The first-order valence-electron chi connectivity index (χ1n) is 6.69. The van der Waals surface area contributed by atoms with E-state index >= 15 is 0 Å². The highest BCUT2D eigenvalue weighted by molar-refractivity contribution is 7.86. The summed E-state index contributed by atoms with van der Waals surface area (Å²) in [5.74, 6) is 0.681. The van der Waals surface area contributed by atoms with E-state index in [4.69, 9.17) is 8.92 Å². The van der Waals surface area contributed by atoms with Crippen LogP contribution in [-0.2, 0) is 20.7 Å². The van der Waals surface area contributed by atoms with Crippen molar-refractivity contribution in [3.05, 3.63) is 64.2 Å². The minimum atomic E-state index is -3.94. The third-order valence-corrected chi connectivity index (χ3v) is 4.43. The zero-order valence-corrected chi connectivity index (χ0v) is 13.2. The van der Waals surface area contributed by atoms with Gasteiger partial charge in [-0.3, -0.25) is 14.3 Å². The molecule has 0 bridgehead atoms. The second-order valence-corrected chi connectivity index (χ2v) is 6.24. The van der Waals surface area contributed by atoms with Crippen LogP contribution in [-0.4, -0.2) is 27.1 Å². The Morgan fingerprint density at radius 2 is 1.83 bits per heavy atom. The lowest BCUT2D eigenvalue weighted by molar-refractivity contribution is -0.384. The smallest absolute Gasteiger partial charge is 0.296 e. The zero-order valence-electron chi connectivity index (χ0n) is 12.3. The van der Waals surface area contributed by atoms with Gasteiger partial charge in [0.25, 0.3) is 15.8 Å². The highest BCUT2D eigenvalue weighted by Gasteiger charge is 2.16. The minimum absolute atomic E-state index is 0.0352. The molecule has 0 heterocycles. The van der Waals surface area contributed by atoms with Crippen LogP contribution in [0.1, 0.15) is 5.56 Å². The number of hydrogen-bond donors (Lipinski definition) is 0. The highest BCUT2D eigenvalue weighted by Crippen LogP contribution is 2.18. The first-order valence-corrected chi connectivity index (χ1v) is 8.10. The first-order chi connectivity index (χ1) is 10.9. The molecule has 0 unspecified atom stereocenters. The Hall–Kier alpha value is -2.45. The molecule has 2 aromatic rings. The number of benzene rings is 2. The van der Waals surface area contributed by atoms with Gasteiger partial charge in [-0.2, -0.15) is 8.42 Å². The van der Waals surface area contributed by atoms with Crippen LogP contribution in [0.2, 0.25) is 0 Å². The Kier molecular flexibility index (Phi) is 5.30. The van der Waals surface area contributed by atoms with E-state index in [0.29, 0.717) is 12.2 Å². The van der Waals surface area contributed by atoms with Gasteiger partial charge < -0.3 is 4.74 Å².